The highest BCUT2D eigenvalue weighted by molar-refractivity contribution is 6.04. The van der Waals surface area contributed by atoms with Crippen LogP contribution >= 0.6 is 0 Å². The van der Waals surface area contributed by atoms with E-state index in [4.69, 9.17) is 0 Å². The molecule has 0 unspecified atom stereocenters. The van der Waals surface area contributed by atoms with Crippen LogP contribution < -0.4 is 0 Å². The lowest BCUT2D eigenvalue weighted by molar-refractivity contribution is 1.36. The van der Waals surface area contributed by atoms with Crippen molar-refractivity contribution in [2.45, 2.75) is 0 Å². The Morgan fingerprint density at radius 2 is 1.79 bits per heavy atom. The first-order chi connectivity index (χ1) is 6.95. The zero-order valence-corrected chi connectivity index (χ0v) is 7.51. The molecule has 2 nitrogen and oxygen atoms in total. The van der Waals surface area contributed by atoms with Gasteiger partial charge in [-0.05, 0) is 12.1 Å². The second-order valence-electron chi connectivity index (χ2n) is 3.24. The quantitative estimate of drug-likeness (QED) is 0.497. The van der Waals surface area contributed by atoms with Gasteiger partial charge >= 0.3 is 0 Å². The Morgan fingerprint density at radius 3 is 2.79 bits per heavy atom. The summed E-state index contributed by atoms with van der Waals surface area (Å²) in [5, 5.41) is 3.48. The molecule has 2 aromatic heterocycles. The SMILES string of the molecule is c1cnc2c(c1)ccc1cnccc12. The standard InChI is InChI=1S/C12H8N2/c1-2-9-3-4-10-8-13-7-5-11(10)12(9)14-6-1/h1-8H. The van der Waals surface area contributed by atoms with Crippen LogP contribution in [0.1, 0.15) is 0 Å². The fourth-order valence-electron chi connectivity index (χ4n) is 1.71. The number of hydrogen-bond donors (Lipinski definition) is 0. The maximum Gasteiger partial charge on any atom is 0.0781 e. The molecule has 0 spiro atoms. The predicted octanol–water partition coefficient (Wildman–Crippen LogP) is 2.78. The summed E-state index contributed by atoms with van der Waals surface area (Å²) in [6.07, 6.45) is 5.49. The highest BCUT2D eigenvalue weighted by Crippen LogP contribution is 2.21. The lowest BCUT2D eigenvalue weighted by atomic mass is 10.1. The third kappa shape index (κ3) is 0.973. The molecule has 0 N–H and O–H groups in total. The normalized spacial score (nSPS) is 10.9. The first-order valence-corrected chi connectivity index (χ1v) is 4.52. The zero-order valence-electron chi connectivity index (χ0n) is 7.51. The Balaban J connectivity index is 2.61. The summed E-state index contributed by atoms with van der Waals surface area (Å²) in [7, 11) is 0. The van der Waals surface area contributed by atoms with E-state index < -0.39 is 0 Å². The molecule has 0 atom stereocenters. The second kappa shape index (κ2) is 2.77. The lowest BCUT2D eigenvalue weighted by Crippen LogP contribution is -1.81. The van der Waals surface area contributed by atoms with Gasteiger partial charge in [-0.3, -0.25) is 9.97 Å². The van der Waals surface area contributed by atoms with Gasteiger partial charge in [-0.2, -0.15) is 0 Å². The molecule has 66 valence electrons. The van der Waals surface area contributed by atoms with Crippen molar-refractivity contribution in [3.05, 3.63) is 48.9 Å². The van der Waals surface area contributed by atoms with E-state index in [1.54, 1.807) is 6.20 Å². The van der Waals surface area contributed by atoms with Gasteiger partial charge in [0.05, 0.1) is 5.52 Å². The Hall–Kier alpha value is -1.96. The van der Waals surface area contributed by atoms with Crippen molar-refractivity contribution >= 4 is 21.7 Å². The average Bonchev–Trinajstić information content (AvgIpc) is 2.29. The average molecular weight is 180 g/mol. The maximum absolute atomic E-state index is 4.38. The van der Waals surface area contributed by atoms with Gasteiger partial charge in [0.1, 0.15) is 0 Å². The fraction of sp³-hybridized carbons (Fsp3) is 0. The molecule has 2 heteroatoms. The highest BCUT2D eigenvalue weighted by Gasteiger charge is 1.99. The van der Waals surface area contributed by atoms with E-state index >= 15 is 0 Å². The third-order valence-corrected chi connectivity index (χ3v) is 2.39. The van der Waals surface area contributed by atoms with Crippen molar-refractivity contribution < 1.29 is 0 Å². The number of fused-ring (bicyclic) bond motifs is 3. The van der Waals surface area contributed by atoms with Crippen molar-refractivity contribution in [1.29, 1.82) is 0 Å². The van der Waals surface area contributed by atoms with E-state index in [1.807, 2.05) is 24.5 Å². The maximum atomic E-state index is 4.38. The van der Waals surface area contributed by atoms with Gasteiger partial charge in [0, 0.05) is 34.7 Å². The first kappa shape index (κ1) is 7.44. The van der Waals surface area contributed by atoms with Crippen molar-refractivity contribution in [3.8, 4) is 0 Å². The van der Waals surface area contributed by atoms with E-state index in [0.29, 0.717) is 0 Å². The third-order valence-electron chi connectivity index (χ3n) is 2.39. The summed E-state index contributed by atoms with van der Waals surface area (Å²) >= 11 is 0. The largest absolute Gasteiger partial charge is 0.264 e. The van der Waals surface area contributed by atoms with Crippen LogP contribution in [0.25, 0.3) is 21.7 Å². The number of rotatable bonds is 0. The predicted molar refractivity (Wildman–Crippen MR) is 57.0 cm³/mol. The van der Waals surface area contributed by atoms with Gasteiger partial charge in [0.2, 0.25) is 0 Å². The summed E-state index contributed by atoms with van der Waals surface area (Å²) < 4.78 is 0. The van der Waals surface area contributed by atoms with Crippen LogP contribution in [0.3, 0.4) is 0 Å². The monoisotopic (exact) mass is 180 g/mol. The van der Waals surface area contributed by atoms with Crippen LogP contribution in [-0.4, -0.2) is 9.97 Å². The van der Waals surface area contributed by atoms with Gasteiger partial charge < -0.3 is 0 Å². The number of pyridine rings is 2. The van der Waals surface area contributed by atoms with Crippen LogP contribution in [0, 0.1) is 0 Å². The number of aromatic nitrogens is 2. The number of nitrogens with zero attached hydrogens (tertiary/aromatic N) is 2. The van der Waals surface area contributed by atoms with Crippen molar-refractivity contribution in [2.75, 3.05) is 0 Å². The number of hydrogen-bond acceptors (Lipinski definition) is 2. The molecule has 0 aliphatic carbocycles. The van der Waals surface area contributed by atoms with E-state index in [1.165, 1.54) is 5.39 Å². The van der Waals surface area contributed by atoms with Crippen molar-refractivity contribution in [2.24, 2.45) is 0 Å². The topological polar surface area (TPSA) is 25.8 Å². The molecule has 0 bridgehead atoms. The van der Waals surface area contributed by atoms with Gasteiger partial charge in [-0.25, -0.2) is 0 Å². The molecule has 3 rings (SSSR count). The summed E-state index contributed by atoms with van der Waals surface area (Å²) in [5.41, 5.74) is 1.05. The highest BCUT2D eigenvalue weighted by atomic mass is 14.7. The minimum Gasteiger partial charge on any atom is -0.264 e. The van der Waals surface area contributed by atoms with E-state index in [-0.39, 0.29) is 0 Å². The van der Waals surface area contributed by atoms with Crippen molar-refractivity contribution in [1.82, 2.24) is 9.97 Å². The van der Waals surface area contributed by atoms with Gasteiger partial charge in [0.15, 0.2) is 0 Å². The van der Waals surface area contributed by atoms with Crippen LogP contribution in [-0.2, 0) is 0 Å². The Kier molecular flexibility index (Phi) is 1.47. The molecule has 0 amide bonds. The second-order valence-corrected chi connectivity index (χ2v) is 3.24. The van der Waals surface area contributed by atoms with Gasteiger partial charge in [-0.15, -0.1) is 0 Å². The van der Waals surface area contributed by atoms with Crippen LogP contribution in [0.5, 0.6) is 0 Å². The molecule has 14 heavy (non-hydrogen) atoms. The Morgan fingerprint density at radius 1 is 0.857 bits per heavy atom. The minimum absolute atomic E-state index is 1.05. The molecule has 1 aromatic carbocycles. The molecule has 2 heterocycles. The Labute approximate surface area is 81.2 Å². The number of benzene rings is 1. The summed E-state index contributed by atoms with van der Waals surface area (Å²) in [6, 6.07) is 10.2. The molecule has 0 radical (unpaired) electrons. The summed E-state index contributed by atoms with van der Waals surface area (Å²) in [6.45, 7) is 0. The molecular weight excluding hydrogens is 172 g/mol. The molecular formula is C12H8N2. The molecule has 0 saturated heterocycles. The molecule has 3 aromatic rings. The summed E-state index contributed by atoms with van der Waals surface area (Å²) in [4.78, 5) is 8.47. The van der Waals surface area contributed by atoms with E-state index in [2.05, 4.69) is 28.2 Å². The molecule has 0 fully saturated rings. The fourth-order valence-corrected chi connectivity index (χ4v) is 1.71. The van der Waals surface area contributed by atoms with E-state index in [0.717, 1.165) is 16.3 Å². The van der Waals surface area contributed by atoms with Gasteiger partial charge in [-0.1, -0.05) is 18.2 Å². The molecule has 0 aliphatic rings. The smallest absolute Gasteiger partial charge is 0.0781 e. The first-order valence-electron chi connectivity index (χ1n) is 4.52. The van der Waals surface area contributed by atoms with Crippen LogP contribution in [0.15, 0.2) is 48.9 Å². The Bertz CT molecular complexity index is 547. The molecule has 0 saturated carbocycles. The molecule has 0 aliphatic heterocycles. The van der Waals surface area contributed by atoms with E-state index in [9.17, 15) is 0 Å². The summed E-state index contributed by atoms with van der Waals surface area (Å²) in [5.74, 6) is 0. The lowest BCUT2D eigenvalue weighted by Gasteiger charge is -2.00. The van der Waals surface area contributed by atoms with Gasteiger partial charge in [0.25, 0.3) is 0 Å². The zero-order chi connectivity index (χ0) is 9.38. The van der Waals surface area contributed by atoms with Crippen molar-refractivity contribution in [3.63, 3.8) is 0 Å². The van der Waals surface area contributed by atoms with Crippen LogP contribution in [0.4, 0.5) is 0 Å². The minimum atomic E-state index is 1.05. The van der Waals surface area contributed by atoms with Crippen LogP contribution in [0.2, 0.25) is 0 Å².